The Morgan fingerprint density at radius 3 is 2.34 bits per heavy atom. The van der Waals surface area contributed by atoms with Crippen LogP contribution in [-0.2, 0) is 13.0 Å². The predicted octanol–water partition coefficient (Wildman–Crippen LogP) is 6.53. The lowest BCUT2D eigenvalue weighted by atomic mass is 9.95. The van der Waals surface area contributed by atoms with Gasteiger partial charge in [-0.15, -0.1) is 0 Å². The van der Waals surface area contributed by atoms with Gasteiger partial charge in [-0.05, 0) is 54.3 Å². The SMILES string of the molecule is CC(C)Cc1nc(COc2cccc(Cl)c2)c(C(=O)O)cc1-c1cccc(Cl)c1. The van der Waals surface area contributed by atoms with Gasteiger partial charge in [-0.2, -0.15) is 0 Å². The molecule has 0 spiro atoms. The third-order valence-electron chi connectivity index (χ3n) is 4.32. The summed E-state index contributed by atoms with van der Waals surface area (Å²) in [7, 11) is 0. The Bertz CT molecular complexity index is 1030. The molecule has 150 valence electrons. The second-order valence-electron chi connectivity index (χ2n) is 7.14. The van der Waals surface area contributed by atoms with Gasteiger partial charge in [-0.3, -0.25) is 4.98 Å². The van der Waals surface area contributed by atoms with E-state index in [1.165, 1.54) is 0 Å². The molecule has 3 rings (SSSR count). The molecule has 1 heterocycles. The summed E-state index contributed by atoms with van der Waals surface area (Å²) in [6, 6.07) is 16.0. The summed E-state index contributed by atoms with van der Waals surface area (Å²) >= 11 is 12.1. The standard InChI is InChI=1S/C23H21Cl2NO3/c1-14(2)9-21-19(15-5-3-6-16(24)10-15)12-20(23(27)28)22(26-21)13-29-18-8-4-7-17(25)11-18/h3-8,10-12,14H,9,13H2,1-2H3,(H,27,28). The van der Waals surface area contributed by atoms with E-state index in [1.807, 2.05) is 18.2 Å². The van der Waals surface area contributed by atoms with E-state index in [4.69, 9.17) is 32.9 Å². The Labute approximate surface area is 180 Å². The number of pyridine rings is 1. The van der Waals surface area contributed by atoms with Crippen LogP contribution in [0.1, 0.15) is 35.6 Å². The average Bonchev–Trinajstić information content (AvgIpc) is 2.65. The van der Waals surface area contributed by atoms with Crippen LogP contribution >= 0.6 is 23.2 Å². The first-order valence-electron chi connectivity index (χ1n) is 9.24. The van der Waals surface area contributed by atoms with Crippen LogP contribution in [0.5, 0.6) is 5.75 Å². The van der Waals surface area contributed by atoms with Crippen molar-refractivity contribution in [1.29, 1.82) is 0 Å². The van der Waals surface area contributed by atoms with E-state index in [1.54, 1.807) is 36.4 Å². The monoisotopic (exact) mass is 429 g/mol. The molecule has 3 aromatic rings. The molecule has 6 heteroatoms. The number of aromatic carboxylic acids is 1. The van der Waals surface area contributed by atoms with Crippen LogP contribution in [0.15, 0.2) is 54.6 Å². The third kappa shape index (κ3) is 5.49. The van der Waals surface area contributed by atoms with E-state index in [-0.39, 0.29) is 12.2 Å². The number of rotatable bonds is 7. The molecule has 0 bridgehead atoms. The van der Waals surface area contributed by atoms with Crippen molar-refractivity contribution in [2.24, 2.45) is 5.92 Å². The largest absolute Gasteiger partial charge is 0.487 e. The summed E-state index contributed by atoms with van der Waals surface area (Å²) in [5.41, 5.74) is 2.90. The van der Waals surface area contributed by atoms with Crippen molar-refractivity contribution in [2.75, 3.05) is 0 Å². The molecule has 0 atom stereocenters. The van der Waals surface area contributed by atoms with E-state index in [0.29, 0.717) is 33.8 Å². The highest BCUT2D eigenvalue weighted by atomic mass is 35.5. The van der Waals surface area contributed by atoms with Crippen molar-refractivity contribution in [3.63, 3.8) is 0 Å². The zero-order chi connectivity index (χ0) is 21.0. The van der Waals surface area contributed by atoms with Crippen LogP contribution in [0.4, 0.5) is 0 Å². The maximum atomic E-state index is 11.9. The summed E-state index contributed by atoms with van der Waals surface area (Å²) in [6.07, 6.45) is 0.700. The molecule has 1 aromatic heterocycles. The number of aromatic nitrogens is 1. The van der Waals surface area contributed by atoms with Crippen LogP contribution in [0, 0.1) is 5.92 Å². The Balaban J connectivity index is 2.04. The van der Waals surface area contributed by atoms with Gasteiger partial charge >= 0.3 is 5.97 Å². The van der Waals surface area contributed by atoms with Crippen LogP contribution in [0.25, 0.3) is 11.1 Å². The van der Waals surface area contributed by atoms with Gasteiger partial charge < -0.3 is 9.84 Å². The second kappa shape index (κ2) is 9.29. The van der Waals surface area contributed by atoms with Gasteiger partial charge in [0.1, 0.15) is 12.4 Å². The lowest BCUT2D eigenvalue weighted by molar-refractivity contribution is 0.0693. The smallest absolute Gasteiger partial charge is 0.337 e. The highest BCUT2D eigenvalue weighted by molar-refractivity contribution is 6.31. The number of carbonyl (C=O) groups is 1. The molecule has 2 aromatic carbocycles. The van der Waals surface area contributed by atoms with Crippen molar-refractivity contribution in [3.05, 3.63) is 81.6 Å². The zero-order valence-electron chi connectivity index (χ0n) is 16.2. The number of hydrogen-bond donors (Lipinski definition) is 1. The topological polar surface area (TPSA) is 59.4 Å². The molecule has 1 N–H and O–H groups in total. The van der Waals surface area contributed by atoms with Crippen molar-refractivity contribution >= 4 is 29.2 Å². The predicted molar refractivity (Wildman–Crippen MR) is 116 cm³/mol. The number of hydrogen-bond acceptors (Lipinski definition) is 3. The zero-order valence-corrected chi connectivity index (χ0v) is 17.7. The third-order valence-corrected chi connectivity index (χ3v) is 4.79. The molecule has 0 aliphatic carbocycles. The maximum Gasteiger partial charge on any atom is 0.337 e. The van der Waals surface area contributed by atoms with Gasteiger partial charge in [0, 0.05) is 21.3 Å². The highest BCUT2D eigenvalue weighted by Crippen LogP contribution is 2.29. The number of halogens is 2. The highest BCUT2D eigenvalue weighted by Gasteiger charge is 2.19. The summed E-state index contributed by atoms with van der Waals surface area (Å²) in [5, 5.41) is 10.9. The molecule has 0 fully saturated rings. The number of carboxylic acid groups (broad SMARTS) is 1. The average molecular weight is 430 g/mol. The Hall–Kier alpha value is -2.56. The first-order chi connectivity index (χ1) is 13.8. The van der Waals surface area contributed by atoms with E-state index in [0.717, 1.165) is 16.8 Å². The molecule has 0 radical (unpaired) electrons. The minimum absolute atomic E-state index is 0.0307. The van der Waals surface area contributed by atoms with Gasteiger partial charge in [0.05, 0.1) is 11.3 Å². The lowest BCUT2D eigenvalue weighted by Gasteiger charge is -2.16. The van der Waals surface area contributed by atoms with Crippen molar-refractivity contribution in [1.82, 2.24) is 4.98 Å². The van der Waals surface area contributed by atoms with E-state index < -0.39 is 5.97 Å². The minimum Gasteiger partial charge on any atom is -0.487 e. The van der Waals surface area contributed by atoms with Gasteiger partial charge in [0.25, 0.3) is 0 Å². The molecule has 0 saturated carbocycles. The second-order valence-corrected chi connectivity index (χ2v) is 8.01. The van der Waals surface area contributed by atoms with E-state index in [9.17, 15) is 9.90 Å². The number of ether oxygens (including phenoxy) is 1. The van der Waals surface area contributed by atoms with Crippen molar-refractivity contribution in [2.45, 2.75) is 26.9 Å². The molecule has 29 heavy (non-hydrogen) atoms. The summed E-state index contributed by atoms with van der Waals surface area (Å²) in [5.74, 6) is -0.153. The van der Waals surface area contributed by atoms with Gasteiger partial charge in [0.2, 0.25) is 0 Å². The van der Waals surface area contributed by atoms with Crippen LogP contribution in [0.3, 0.4) is 0 Å². The molecular weight excluding hydrogens is 409 g/mol. The normalized spacial score (nSPS) is 10.9. The van der Waals surface area contributed by atoms with E-state index >= 15 is 0 Å². The molecule has 0 saturated heterocycles. The molecule has 0 aliphatic heterocycles. The van der Waals surface area contributed by atoms with Gasteiger partial charge in [-0.25, -0.2) is 4.79 Å². The first kappa shape index (κ1) is 21.2. The van der Waals surface area contributed by atoms with Gasteiger partial charge in [-0.1, -0.05) is 55.2 Å². The fourth-order valence-electron chi connectivity index (χ4n) is 3.05. The fraction of sp³-hybridized carbons (Fsp3) is 0.217. The number of benzene rings is 2. The van der Waals surface area contributed by atoms with Crippen molar-refractivity contribution in [3.8, 4) is 16.9 Å². The Kier molecular flexibility index (Phi) is 6.78. The van der Waals surface area contributed by atoms with Crippen LogP contribution in [-0.4, -0.2) is 16.1 Å². The molecule has 4 nitrogen and oxygen atoms in total. The summed E-state index contributed by atoms with van der Waals surface area (Å²) in [4.78, 5) is 16.6. The molecule has 0 unspecified atom stereocenters. The molecule has 0 aliphatic rings. The summed E-state index contributed by atoms with van der Waals surface area (Å²) in [6.45, 7) is 4.22. The molecular formula is C23H21Cl2NO3. The van der Waals surface area contributed by atoms with Crippen molar-refractivity contribution < 1.29 is 14.6 Å². The van der Waals surface area contributed by atoms with Crippen LogP contribution in [0.2, 0.25) is 10.0 Å². The Morgan fingerprint density at radius 1 is 1.03 bits per heavy atom. The first-order valence-corrected chi connectivity index (χ1v) is 9.99. The maximum absolute atomic E-state index is 11.9. The quantitative estimate of drug-likeness (QED) is 0.463. The molecule has 0 amide bonds. The minimum atomic E-state index is -1.05. The number of nitrogens with zero attached hydrogens (tertiary/aromatic N) is 1. The van der Waals surface area contributed by atoms with Gasteiger partial charge in [0.15, 0.2) is 0 Å². The fourth-order valence-corrected chi connectivity index (χ4v) is 3.42. The Morgan fingerprint density at radius 2 is 1.72 bits per heavy atom. The van der Waals surface area contributed by atoms with Crippen LogP contribution < -0.4 is 4.74 Å². The number of carboxylic acids is 1. The van der Waals surface area contributed by atoms with E-state index in [2.05, 4.69) is 13.8 Å². The lowest BCUT2D eigenvalue weighted by Crippen LogP contribution is -2.12. The summed E-state index contributed by atoms with van der Waals surface area (Å²) < 4.78 is 5.76.